The second kappa shape index (κ2) is 12.9. The quantitative estimate of drug-likeness (QED) is 0.180. The molecule has 272 valence electrons. The molecule has 0 bridgehead atoms. The van der Waals surface area contributed by atoms with E-state index in [1.807, 2.05) is 48.5 Å². The van der Waals surface area contributed by atoms with Crippen LogP contribution in [-0.2, 0) is 0 Å². The van der Waals surface area contributed by atoms with Gasteiger partial charge in [0, 0.05) is 55.7 Å². The van der Waals surface area contributed by atoms with Gasteiger partial charge >= 0.3 is 0 Å². The van der Waals surface area contributed by atoms with Crippen LogP contribution in [0.3, 0.4) is 0 Å². The van der Waals surface area contributed by atoms with Crippen molar-refractivity contribution in [1.29, 1.82) is 0 Å². The number of fused-ring (bicyclic) bond motifs is 13. The fraction of sp³-hybridized carbons (Fsp3) is 0. The third-order valence-corrected chi connectivity index (χ3v) is 11.5. The van der Waals surface area contributed by atoms with Gasteiger partial charge in [0.25, 0.3) is 0 Å². The van der Waals surface area contributed by atoms with E-state index < -0.39 is 0 Å². The summed E-state index contributed by atoms with van der Waals surface area (Å²) in [5.41, 5.74) is 15.7. The van der Waals surface area contributed by atoms with Gasteiger partial charge in [0.05, 0.1) is 0 Å². The number of furan rings is 1. The van der Waals surface area contributed by atoms with Crippen molar-refractivity contribution < 1.29 is 13.9 Å². The first-order valence-electron chi connectivity index (χ1n) is 19.6. The van der Waals surface area contributed by atoms with Crippen LogP contribution in [0, 0.1) is 0 Å². The molecule has 3 heterocycles. The normalized spacial score (nSPS) is 12.1. The summed E-state index contributed by atoms with van der Waals surface area (Å²) in [4.78, 5) is 2.35. The zero-order chi connectivity index (χ0) is 38.2. The summed E-state index contributed by atoms with van der Waals surface area (Å²) >= 11 is 0. The van der Waals surface area contributed by atoms with Crippen molar-refractivity contribution in [1.82, 2.24) is 0 Å². The Kier molecular flexibility index (Phi) is 7.20. The highest BCUT2D eigenvalue weighted by Gasteiger charge is 2.25. The minimum Gasteiger partial charge on any atom is -0.456 e. The minimum atomic E-state index is 0.835. The third kappa shape index (κ3) is 5.09. The molecule has 0 saturated heterocycles. The Hall–Kier alpha value is -7.82. The maximum absolute atomic E-state index is 6.56. The van der Waals surface area contributed by atoms with Crippen LogP contribution in [0.25, 0.3) is 77.6 Å². The number of hydrogen-bond donors (Lipinski definition) is 0. The van der Waals surface area contributed by atoms with Crippen LogP contribution in [0.5, 0.6) is 23.0 Å². The smallest absolute Gasteiger partial charge is 0.143 e. The molecule has 58 heavy (non-hydrogen) atoms. The summed E-state index contributed by atoms with van der Waals surface area (Å²) in [5, 5.41) is 2.24. The highest BCUT2D eigenvalue weighted by atomic mass is 16.5. The van der Waals surface area contributed by atoms with Gasteiger partial charge < -0.3 is 18.8 Å². The molecule has 1 aromatic heterocycles. The van der Waals surface area contributed by atoms with E-state index >= 15 is 0 Å². The van der Waals surface area contributed by atoms with Gasteiger partial charge in [0.2, 0.25) is 0 Å². The second-order valence-electron chi connectivity index (χ2n) is 14.8. The van der Waals surface area contributed by atoms with Gasteiger partial charge in [-0.1, -0.05) is 133 Å². The Balaban J connectivity index is 1.06. The zero-order valence-corrected chi connectivity index (χ0v) is 31.2. The first-order valence-corrected chi connectivity index (χ1v) is 19.6. The Morgan fingerprint density at radius 1 is 0.293 bits per heavy atom. The number of hydrogen-bond acceptors (Lipinski definition) is 4. The molecular weight excluding hydrogens is 711 g/mol. The summed E-state index contributed by atoms with van der Waals surface area (Å²) in [6, 6.07) is 70.2. The summed E-state index contributed by atoms with van der Waals surface area (Å²) in [6.45, 7) is 0. The van der Waals surface area contributed by atoms with E-state index in [1.54, 1.807) is 0 Å². The average Bonchev–Trinajstić information content (AvgIpc) is 3.52. The van der Waals surface area contributed by atoms with Crippen molar-refractivity contribution in [2.24, 2.45) is 0 Å². The number of ether oxygens (including phenoxy) is 2. The molecular formula is C54H33NO3. The maximum Gasteiger partial charge on any atom is 0.143 e. The number of anilines is 3. The summed E-state index contributed by atoms with van der Waals surface area (Å²) in [6.07, 6.45) is 0. The highest BCUT2D eigenvalue weighted by molar-refractivity contribution is 6.09. The van der Waals surface area contributed by atoms with Crippen molar-refractivity contribution >= 4 is 39.0 Å². The molecule has 0 aliphatic carbocycles. The number of para-hydroxylation sites is 6. The molecule has 0 atom stereocenters. The van der Waals surface area contributed by atoms with Gasteiger partial charge in [-0.2, -0.15) is 0 Å². The molecule has 0 unspecified atom stereocenters. The number of benzene rings is 9. The SMILES string of the molecule is c1ccc2c(c1)Oc1ccccc1-c1cc(N(c3ccc(-c4cccc5c4oc4ccccc45)cc3)c3ccc4c(c3)-c3ccccc3Oc3ccccc3-4)ccc1-2. The molecule has 0 radical (unpaired) electrons. The molecule has 4 heteroatoms. The molecule has 10 aromatic rings. The van der Waals surface area contributed by atoms with E-state index in [9.17, 15) is 0 Å². The van der Waals surface area contributed by atoms with E-state index in [4.69, 9.17) is 13.9 Å². The Labute approximate surface area is 335 Å². The van der Waals surface area contributed by atoms with Crippen LogP contribution in [0.15, 0.2) is 205 Å². The molecule has 0 N–H and O–H groups in total. The molecule has 2 aliphatic rings. The van der Waals surface area contributed by atoms with Crippen LogP contribution >= 0.6 is 0 Å². The van der Waals surface area contributed by atoms with Gasteiger partial charge in [-0.3, -0.25) is 0 Å². The van der Waals surface area contributed by atoms with E-state index in [1.165, 1.54) is 0 Å². The van der Waals surface area contributed by atoms with Crippen molar-refractivity contribution in [3.05, 3.63) is 200 Å². The minimum absolute atomic E-state index is 0.835. The highest BCUT2D eigenvalue weighted by Crippen LogP contribution is 2.51. The molecule has 0 fully saturated rings. The number of nitrogens with zero attached hydrogens (tertiary/aromatic N) is 1. The molecule has 4 nitrogen and oxygen atoms in total. The van der Waals surface area contributed by atoms with Crippen LogP contribution in [0.4, 0.5) is 17.1 Å². The molecule has 0 spiro atoms. The summed E-state index contributed by atoms with van der Waals surface area (Å²) in [5.74, 6) is 3.37. The maximum atomic E-state index is 6.56. The lowest BCUT2D eigenvalue weighted by Crippen LogP contribution is -2.10. The van der Waals surface area contributed by atoms with E-state index in [0.717, 1.165) is 118 Å². The average molecular weight is 744 g/mol. The van der Waals surface area contributed by atoms with Crippen molar-refractivity contribution in [2.45, 2.75) is 0 Å². The van der Waals surface area contributed by atoms with E-state index in [0.29, 0.717) is 0 Å². The Bertz CT molecular complexity index is 3110. The second-order valence-corrected chi connectivity index (χ2v) is 14.8. The molecule has 0 amide bonds. The predicted octanol–water partition coefficient (Wildman–Crippen LogP) is 15.6. The number of rotatable bonds is 4. The summed E-state index contributed by atoms with van der Waals surface area (Å²) in [7, 11) is 0. The van der Waals surface area contributed by atoms with Gasteiger partial charge in [0.1, 0.15) is 34.2 Å². The molecule has 12 rings (SSSR count). The topological polar surface area (TPSA) is 34.8 Å². The van der Waals surface area contributed by atoms with Gasteiger partial charge in [-0.15, -0.1) is 0 Å². The van der Waals surface area contributed by atoms with Crippen molar-refractivity contribution in [3.63, 3.8) is 0 Å². The lowest BCUT2D eigenvalue weighted by atomic mass is 9.92. The van der Waals surface area contributed by atoms with Crippen LogP contribution < -0.4 is 14.4 Å². The molecule has 2 aliphatic heterocycles. The molecule has 9 aromatic carbocycles. The van der Waals surface area contributed by atoms with Crippen LogP contribution in [0.2, 0.25) is 0 Å². The Morgan fingerprint density at radius 2 is 0.724 bits per heavy atom. The monoisotopic (exact) mass is 743 g/mol. The molecule has 0 saturated carbocycles. The van der Waals surface area contributed by atoms with E-state index in [-0.39, 0.29) is 0 Å². The van der Waals surface area contributed by atoms with Crippen LogP contribution in [-0.4, -0.2) is 0 Å². The lowest BCUT2D eigenvalue weighted by Gasteiger charge is -2.28. The van der Waals surface area contributed by atoms with Gasteiger partial charge in [0.15, 0.2) is 0 Å². The van der Waals surface area contributed by atoms with E-state index in [2.05, 4.69) is 157 Å². The first kappa shape index (κ1) is 32.4. The fourth-order valence-corrected chi connectivity index (χ4v) is 8.82. The first-order chi connectivity index (χ1) is 28.7. The zero-order valence-electron chi connectivity index (χ0n) is 31.2. The standard InChI is InChI=1S/C54H33NO3/c1-6-19-49-41(12-1)39-30-28-36(32-47(39)44-15-4-8-21-51(44)56-49)55(35-26-24-34(25-27-35)38-17-11-18-46-43-14-3-10-23-53(43)58-54(38)46)37-29-31-40-42-13-2-7-20-50(42)57-52-22-9-5-16-45(52)48(40)33-37/h1-33H. The fourth-order valence-electron chi connectivity index (χ4n) is 8.82. The summed E-state index contributed by atoms with van der Waals surface area (Å²) < 4.78 is 19.6. The van der Waals surface area contributed by atoms with Gasteiger partial charge in [-0.05, 0) is 94.5 Å². The van der Waals surface area contributed by atoms with Crippen molar-refractivity contribution in [3.8, 4) is 78.6 Å². The van der Waals surface area contributed by atoms with Crippen LogP contribution in [0.1, 0.15) is 0 Å². The predicted molar refractivity (Wildman–Crippen MR) is 236 cm³/mol. The van der Waals surface area contributed by atoms with Gasteiger partial charge in [-0.25, -0.2) is 0 Å². The third-order valence-electron chi connectivity index (χ3n) is 11.5. The van der Waals surface area contributed by atoms with Crippen molar-refractivity contribution in [2.75, 3.05) is 4.90 Å². The Morgan fingerprint density at radius 3 is 1.28 bits per heavy atom. The lowest BCUT2D eigenvalue weighted by molar-refractivity contribution is 0.487. The largest absolute Gasteiger partial charge is 0.456 e.